The predicted octanol–water partition coefficient (Wildman–Crippen LogP) is 3.39. The third-order valence-electron chi connectivity index (χ3n) is 2.94. The van der Waals surface area contributed by atoms with Crippen molar-refractivity contribution >= 4 is 28.5 Å². The number of anilines is 1. The predicted molar refractivity (Wildman–Crippen MR) is 77.5 cm³/mol. The number of hydrogen-bond acceptors (Lipinski definition) is 3. The van der Waals surface area contributed by atoms with Crippen LogP contribution in [0.15, 0.2) is 24.3 Å². The van der Waals surface area contributed by atoms with E-state index in [1.807, 2.05) is 31.2 Å². The molecule has 1 aromatic carbocycles. The Morgan fingerprint density at radius 3 is 2.33 bits per heavy atom. The standard InChI is InChI=1S/C14H18ClN3/c1-10(2)18(9-8-15)14-11(3)16-12-6-4-5-7-13(12)17-14/h4-7,10H,8-9H2,1-3H3. The second-order valence-electron chi connectivity index (χ2n) is 4.60. The average Bonchev–Trinajstić information content (AvgIpc) is 2.35. The van der Waals surface area contributed by atoms with Crippen LogP contribution >= 0.6 is 11.6 Å². The van der Waals surface area contributed by atoms with Gasteiger partial charge in [0.2, 0.25) is 0 Å². The van der Waals surface area contributed by atoms with Gasteiger partial charge in [0.1, 0.15) is 0 Å². The molecule has 0 aliphatic carbocycles. The van der Waals surface area contributed by atoms with Crippen LogP contribution in [0.1, 0.15) is 19.5 Å². The van der Waals surface area contributed by atoms with Gasteiger partial charge in [-0.05, 0) is 32.9 Å². The van der Waals surface area contributed by atoms with Gasteiger partial charge >= 0.3 is 0 Å². The van der Waals surface area contributed by atoms with Gasteiger partial charge in [-0.25, -0.2) is 9.97 Å². The van der Waals surface area contributed by atoms with E-state index in [0.717, 1.165) is 29.1 Å². The highest BCUT2D eigenvalue weighted by Crippen LogP contribution is 2.21. The zero-order chi connectivity index (χ0) is 13.1. The molecule has 2 rings (SSSR count). The lowest BCUT2D eigenvalue weighted by molar-refractivity contribution is 0.692. The number of fused-ring (bicyclic) bond motifs is 1. The molecule has 0 aliphatic rings. The molecule has 0 unspecified atom stereocenters. The number of halogens is 1. The SMILES string of the molecule is Cc1nc2ccccc2nc1N(CCCl)C(C)C. The minimum absolute atomic E-state index is 0.359. The molecule has 0 fully saturated rings. The molecule has 0 atom stereocenters. The van der Waals surface area contributed by atoms with Gasteiger partial charge in [0.15, 0.2) is 5.82 Å². The summed E-state index contributed by atoms with van der Waals surface area (Å²) in [5.41, 5.74) is 2.82. The van der Waals surface area contributed by atoms with E-state index in [2.05, 4.69) is 23.7 Å². The number of alkyl halides is 1. The van der Waals surface area contributed by atoms with E-state index in [4.69, 9.17) is 16.6 Å². The largest absolute Gasteiger partial charge is 0.351 e. The van der Waals surface area contributed by atoms with Crippen LogP contribution in [0.4, 0.5) is 5.82 Å². The number of nitrogens with zero attached hydrogens (tertiary/aromatic N) is 3. The lowest BCUT2D eigenvalue weighted by atomic mass is 10.2. The number of aromatic nitrogens is 2. The van der Waals surface area contributed by atoms with Gasteiger partial charge in [-0.1, -0.05) is 12.1 Å². The van der Waals surface area contributed by atoms with Crippen molar-refractivity contribution < 1.29 is 0 Å². The van der Waals surface area contributed by atoms with Gasteiger partial charge in [0.25, 0.3) is 0 Å². The molecule has 1 aromatic heterocycles. The van der Waals surface area contributed by atoms with Crippen LogP contribution in [0.5, 0.6) is 0 Å². The zero-order valence-corrected chi connectivity index (χ0v) is 11.8. The van der Waals surface area contributed by atoms with Crippen LogP contribution in [0.2, 0.25) is 0 Å². The fraction of sp³-hybridized carbons (Fsp3) is 0.429. The van der Waals surface area contributed by atoms with Crippen molar-refractivity contribution in [2.75, 3.05) is 17.3 Å². The molecule has 4 heteroatoms. The van der Waals surface area contributed by atoms with Crippen LogP contribution in [-0.2, 0) is 0 Å². The highest BCUT2D eigenvalue weighted by molar-refractivity contribution is 6.18. The van der Waals surface area contributed by atoms with Crippen molar-refractivity contribution in [2.45, 2.75) is 26.8 Å². The normalized spacial score (nSPS) is 11.2. The third kappa shape index (κ3) is 2.56. The summed E-state index contributed by atoms with van der Waals surface area (Å²) in [6, 6.07) is 8.30. The van der Waals surface area contributed by atoms with Gasteiger partial charge in [-0.15, -0.1) is 11.6 Å². The molecule has 0 saturated carbocycles. The second kappa shape index (κ2) is 5.53. The molecule has 0 spiro atoms. The fourth-order valence-electron chi connectivity index (χ4n) is 2.05. The van der Waals surface area contributed by atoms with E-state index in [0.29, 0.717) is 11.9 Å². The molecular formula is C14H18ClN3. The summed E-state index contributed by atoms with van der Waals surface area (Å²) >= 11 is 5.87. The van der Waals surface area contributed by atoms with E-state index >= 15 is 0 Å². The Morgan fingerprint density at radius 2 is 1.78 bits per heavy atom. The van der Waals surface area contributed by atoms with E-state index in [1.165, 1.54) is 0 Å². The minimum Gasteiger partial charge on any atom is -0.351 e. The molecule has 0 N–H and O–H groups in total. The smallest absolute Gasteiger partial charge is 0.151 e. The molecule has 0 saturated heterocycles. The zero-order valence-electron chi connectivity index (χ0n) is 11.0. The highest BCUT2D eigenvalue weighted by atomic mass is 35.5. The molecule has 0 bridgehead atoms. The quantitative estimate of drug-likeness (QED) is 0.792. The molecule has 2 aromatic rings. The van der Waals surface area contributed by atoms with Gasteiger partial charge in [0, 0.05) is 18.5 Å². The molecule has 3 nitrogen and oxygen atoms in total. The first-order valence-electron chi connectivity index (χ1n) is 6.19. The summed E-state index contributed by atoms with van der Waals surface area (Å²) in [5, 5.41) is 0. The van der Waals surface area contributed by atoms with E-state index in [-0.39, 0.29) is 0 Å². The first kappa shape index (κ1) is 13.1. The fourth-order valence-corrected chi connectivity index (χ4v) is 2.23. The van der Waals surface area contributed by atoms with E-state index in [1.54, 1.807) is 0 Å². The first-order chi connectivity index (χ1) is 8.63. The van der Waals surface area contributed by atoms with Gasteiger partial charge in [-0.3, -0.25) is 0 Å². The Balaban J connectivity index is 2.51. The number of rotatable bonds is 4. The Morgan fingerprint density at radius 1 is 1.17 bits per heavy atom. The Hall–Kier alpha value is -1.35. The first-order valence-corrected chi connectivity index (χ1v) is 6.73. The number of para-hydroxylation sites is 2. The topological polar surface area (TPSA) is 29.0 Å². The van der Waals surface area contributed by atoms with Crippen LogP contribution in [0.3, 0.4) is 0 Å². The van der Waals surface area contributed by atoms with Crippen LogP contribution in [0.25, 0.3) is 11.0 Å². The minimum atomic E-state index is 0.359. The number of hydrogen-bond donors (Lipinski definition) is 0. The average molecular weight is 264 g/mol. The van der Waals surface area contributed by atoms with Crippen molar-refractivity contribution in [2.24, 2.45) is 0 Å². The summed E-state index contributed by atoms with van der Waals surface area (Å²) in [5.74, 6) is 1.52. The molecule has 96 valence electrons. The van der Waals surface area contributed by atoms with Crippen LogP contribution < -0.4 is 4.90 Å². The van der Waals surface area contributed by atoms with Crippen LogP contribution in [0, 0.1) is 6.92 Å². The van der Waals surface area contributed by atoms with Crippen molar-refractivity contribution in [1.29, 1.82) is 0 Å². The van der Waals surface area contributed by atoms with Crippen molar-refractivity contribution in [3.8, 4) is 0 Å². The molecular weight excluding hydrogens is 246 g/mol. The molecule has 0 aliphatic heterocycles. The second-order valence-corrected chi connectivity index (χ2v) is 4.98. The summed E-state index contributed by atoms with van der Waals surface area (Å²) < 4.78 is 0. The third-order valence-corrected chi connectivity index (χ3v) is 3.11. The monoisotopic (exact) mass is 263 g/mol. The van der Waals surface area contributed by atoms with Crippen molar-refractivity contribution in [1.82, 2.24) is 9.97 Å². The summed E-state index contributed by atoms with van der Waals surface area (Å²) in [4.78, 5) is 11.5. The Kier molecular flexibility index (Phi) is 4.02. The van der Waals surface area contributed by atoms with Gasteiger partial charge in [-0.2, -0.15) is 0 Å². The Labute approximate surface area is 113 Å². The van der Waals surface area contributed by atoms with Crippen molar-refractivity contribution in [3.05, 3.63) is 30.0 Å². The maximum absolute atomic E-state index is 5.87. The summed E-state index contributed by atoms with van der Waals surface area (Å²) in [6.45, 7) is 7.07. The number of aryl methyl sites for hydroxylation is 1. The molecule has 1 heterocycles. The molecule has 0 amide bonds. The van der Waals surface area contributed by atoms with Gasteiger partial charge in [0.05, 0.1) is 16.7 Å². The summed E-state index contributed by atoms with van der Waals surface area (Å²) in [7, 11) is 0. The lowest BCUT2D eigenvalue weighted by Gasteiger charge is -2.28. The Bertz CT molecular complexity index is 540. The molecule has 0 radical (unpaired) electrons. The van der Waals surface area contributed by atoms with E-state index < -0.39 is 0 Å². The molecule has 18 heavy (non-hydrogen) atoms. The summed E-state index contributed by atoms with van der Waals surface area (Å²) in [6.07, 6.45) is 0. The van der Waals surface area contributed by atoms with Crippen molar-refractivity contribution in [3.63, 3.8) is 0 Å². The van der Waals surface area contributed by atoms with E-state index in [9.17, 15) is 0 Å². The lowest BCUT2D eigenvalue weighted by Crippen LogP contribution is -2.34. The van der Waals surface area contributed by atoms with Gasteiger partial charge < -0.3 is 4.90 Å². The maximum Gasteiger partial charge on any atom is 0.151 e. The van der Waals surface area contributed by atoms with Crippen LogP contribution in [-0.4, -0.2) is 28.4 Å². The highest BCUT2D eigenvalue weighted by Gasteiger charge is 2.15. The maximum atomic E-state index is 5.87. The number of benzene rings is 1.